The molecule has 2 aromatic heterocycles. The van der Waals surface area contributed by atoms with E-state index in [1.165, 1.54) is 22.9 Å². The van der Waals surface area contributed by atoms with Crippen molar-refractivity contribution < 1.29 is 17.8 Å². The maximum Gasteiger partial charge on any atom is 0.295 e. The number of rotatable bonds is 8. The van der Waals surface area contributed by atoms with Crippen LogP contribution in [-0.4, -0.2) is 45.3 Å². The van der Waals surface area contributed by atoms with Gasteiger partial charge in [-0.2, -0.15) is 13.5 Å². The summed E-state index contributed by atoms with van der Waals surface area (Å²) >= 11 is 23.9. The van der Waals surface area contributed by atoms with Crippen molar-refractivity contribution in [3.63, 3.8) is 0 Å². The van der Waals surface area contributed by atoms with Crippen LogP contribution in [0.2, 0.25) is 15.2 Å². The zero-order valence-corrected chi connectivity index (χ0v) is 29.5. The molecule has 0 radical (unpaired) electrons. The summed E-state index contributed by atoms with van der Waals surface area (Å²) in [5, 5.41) is 13.8. The van der Waals surface area contributed by atoms with Gasteiger partial charge in [-0.05, 0) is 74.9 Å². The topological polar surface area (TPSA) is 118 Å². The number of para-hydroxylation sites is 1. The zero-order valence-electron chi connectivity index (χ0n) is 25.7. The van der Waals surface area contributed by atoms with Crippen molar-refractivity contribution >= 4 is 73.8 Å². The minimum atomic E-state index is -4.52. The van der Waals surface area contributed by atoms with E-state index in [0.29, 0.717) is 33.3 Å². The number of nitrogens with zero attached hydrogens (tertiary/aromatic N) is 5. The first kappa shape index (κ1) is 36.1. The van der Waals surface area contributed by atoms with Crippen molar-refractivity contribution in [1.29, 1.82) is 0 Å². The van der Waals surface area contributed by atoms with Gasteiger partial charge in [-0.25, -0.2) is 0 Å². The van der Waals surface area contributed by atoms with E-state index in [2.05, 4.69) is 21.9 Å². The monoisotopic (exact) mass is 731 g/mol. The lowest BCUT2D eigenvalue weighted by molar-refractivity contribution is 0.103. The number of anilines is 2. The molecule has 0 aliphatic heterocycles. The van der Waals surface area contributed by atoms with Crippen molar-refractivity contribution in [3.05, 3.63) is 128 Å². The second-order valence-corrected chi connectivity index (χ2v) is 13.6. The van der Waals surface area contributed by atoms with Crippen LogP contribution in [0.25, 0.3) is 11.3 Å². The van der Waals surface area contributed by atoms with Crippen LogP contribution in [0.3, 0.4) is 0 Å². The summed E-state index contributed by atoms with van der Waals surface area (Å²) in [6, 6.07) is 20.6. The van der Waals surface area contributed by atoms with Crippen molar-refractivity contribution in [2.75, 3.05) is 11.4 Å². The van der Waals surface area contributed by atoms with Crippen LogP contribution in [-0.2, 0) is 17.2 Å². The lowest BCUT2D eigenvalue weighted by atomic mass is 9.97. The predicted molar refractivity (Wildman–Crippen MR) is 188 cm³/mol. The Hall–Kier alpha value is -3.77. The molecule has 0 amide bonds. The van der Waals surface area contributed by atoms with Crippen LogP contribution in [0.15, 0.2) is 89.3 Å². The molecule has 0 spiro atoms. The van der Waals surface area contributed by atoms with Crippen LogP contribution >= 0.6 is 46.4 Å². The highest BCUT2D eigenvalue weighted by molar-refractivity contribution is 7.86. The van der Waals surface area contributed by atoms with Gasteiger partial charge in [-0.15, -0.1) is 10.2 Å². The number of hydrogen-bond acceptors (Lipinski definition) is 7. The quantitative estimate of drug-likeness (QED) is 0.124. The molecule has 3 aromatic carbocycles. The average molecular weight is 734 g/mol. The highest BCUT2D eigenvalue weighted by Gasteiger charge is 2.28. The average Bonchev–Trinajstić information content (AvgIpc) is 3.30. The summed E-state index contributed by atoms with van der Waals surface area (Å²) in [5.41, 5.74) is 3.85. The van der Waals surface area contributed by atoms with Gasteiger partial charge in [0, 0.05) is 33.9 Å². The predicted octanol–water partition coefficient (Wildman–Crippen LogP) is 8.82. The first-order chi connectivity index (χ1) is 22.1. The van der Waals surface area contributed by atoms with Gasteiger partial charge in [0.05, 0.1) is 28.5 Å². The summed E-state index contributed by atoms with van der Waals surface area (Å²) in [6.45, 7) is 9.50. The molecule has 47 heavy (non-hydrogen) atoms. The Morgan fingerprint density at radius 1 is 0.957 bits per heavy atom. The summed E-state index contributed by atoms with van der Waals surface area (Å²) < 4.78 is 34.9. The third-order valence-electron chi connectivity index (χ3n) is 6.88. The number of benzene rings is 3. The van der Waals surface area contributed by atoms with E-state index in [0.717, 1.165) is 16.8 Å². The molecule has 2 heterocycles. The molecule has 5 aromatic rings. The number of ketones is 1. The summed E-state index contributed by atoms with van der Waals surface area (Å²) in [4.78, 5) is 14.9. The van der Waals surface area contributed by atoms with Crippen molar-refractivity contribution in [3.8, 4) is 11.3 Å². The molecule has 9 nitrogen and oxygen atoms in total. The molecule has 244 valence electrons. The fourth-order valence-corrected chi connectivity index (χ4v) is 6.15. The molecule has 5 rings (SSSR count). The minimum Gasteiger partial charge on any atom is -0.320 e. The Morgan fingerprint density at radius 3 is 2.23 bits per heavy atom. The van der Waals surface area contributed by atoms with Crippen molar-refractivity contribution in [2.24, 2.45) is 7.05 Å². The van der Waals surface area contributed by atoms with Gasteiger partial charge in [0.25, 0.3) is 10.1 Å². The van der Waals surface area contributed by atoms with E-state index in [4.69, 9.17) is 46.4 Å². The van der Waals surface area contributed by atoms with Crippen molar-refractivity contribution in [1.82, 2.24) is 20.0 Å². The summed E-state index contributed by atoms with van der Waals surface area (Å²) in [6.07, 6.45) is 0. The number of aryl methyl sites for hydroxylation is 4. The summed E-state index contributed by atoms with van der Waals surface area (Å²) in [7, 11) is -2.93. The Bertz CT molecular complexity index is 2090. The fourth-order valence-electron chi connectivity index (χ4n) is 4.77. The standard InChI is InChI=1S/C19H16Cl2N2O4S.C14H13Cl2N3/c1-10-4-7-16(28(25,26)27)14(8-10)18-17(11(2)22-23(18)3)19(24)13-6-5-12(20)9-15(13)21;1-10-8-13(17-18-14(10)16)19(9-11(2)15)12-6-4-3-5-7-12/h4-9H,1-3H3,(H,25,26,27);3-8H,2,9H2,1H3. The highest BCUT2D eigenvalue weighted by Crippen LogP contribution is 2.35. The molecule has 0 aliphatic carbocycles. The third-order valence-corrected chi connectivity index (χ3v) is 8.83. The van der Waals surface area contributed by atoms with Gasteiger partial charge in [0.15, 0.2) is 16.8 Å². The fraction of sp³-hybridized carbons (Fsp3) is 0.152. The SMILES string of the molecule is C=C(Cl)CN(c1ccccc1)c1cc(C)c(Cl)nn1.Cc1ccc(S(=O)(=O)O)c(-c2c(C(=O)c3ccc(Cl)cc3Cl)c(C)nn2C)c1. The number of halogens is 4. The molecule has 0 fully saturated rings. The molecule has 0 bridgehead atoms. The van der Waals surface area contributed by atoms with E-state index < -0.39 is 15.9 Å². The van der Waals surface area contributed by atoms with Gasteiger partial charge in [-0.1, -0.05) is 82.8 Å². The largest absolute Gasteiger partial charge is 0.320 e. The Labute approximate surface area is 293 Å². The van der Waals surface area contributed by atoms with Crippen LogP contribution < -0.4 is 4.90 Å². The molecule has 0 atom stereocenters. The van der Waals surface area contributed by atoms with Crippen LogP contribution in [0.1, 0.15) is 32.7 Å². The third kappa shape index (κ3) is 8.58. The van der Waals surface area contributed by atoms with E-state index in [-0.39, 0.29) is 32.3 Å². The van der Waals surface area contributed by atoms with Gasteiger partial charge in [0.2, 0.25) is 0 Å². The Morgan fingerprint density at radius 2 is 1.64 bits per heavy atom. The van der Waals surface area contributed by atoms with Crippen LogP contribution in [0.4, 0.5) is 11.5 Å². The van der Waals surface area contributed by atoms with Gasteiger partial charge in [0.1, 0.15) is 4.90 Å². The zero-order chi connectivity index (χ0) is 34.6. The summed E-state index contributed by atoms with van der Waals surface area (Å²) in [5.74, 6) is 0.264. The molecule has 0 saturated carbocycles. The van der Waals surface area contributed by atoms with Crippen LogP contribution in [0, 0.1) is 20.8 Å². The molecular formula is C33H29Cl4N5O4S. The highest BCUT2D eigenvalue weighted by atomic mass is 35.5. The lowest BCUT2D eigenvalue weighted by Crippen LogP contribution is -2.20. The number of hydrogen-bond donors (Lipinski definition) is 1. The lowest BCUT2D eigenvalue weighted by Gasteiger charge is -2.23. The molecule has 0 unspecified atom stereocenters. The Balaban J connectivity index is 0.000000229. The number of carbonyl (C=O) groups is 1. The first-order valence-electron chi connectivity index (χ1n) is 13.9. The maximum atomic E-state index is 13.3. The Kier molecular flexibility index (Phi) is 11.5. The number of carbonyl (C=O) groups excluding carboxylic acids is 1. The second kappa shape index (κ2) is 15.0. The molecule has 0 saturated heterocycles. The van der Waals surface area contributed by atoms with E-state index >= 15 is 0 Å². The number of aromatic nitrogens is 4. The van der Waals surface area contributed by atoms with Gasteiger partial charge >= 0.3 is 0 Å². The van der Waals surface area contributed by atoms with Gasteiger partial charge < -0.3 is 4.90 Å². The van der Waals surface area contributed by atoms with Crippen molar-refractivity contribution in [2.45, 2.75) is 25.7 Å². The van der Waals surface area contributed by atoms with Crippen LogP contribution in [0.5, 0.6) is 0 Å². The van der Waals surface area contributed by atoms with Gasteiger partial charge in [-0.3, -0.25) is 14.0 Å². The first-order valence-corrected chi connectivity index (χ1v) is 16.8. The van der Waals surface area contributed by atoms with E-state index in [9.17, 15) is 17.8 Å². The molecule has 1 N–H and O–H groups in total. The minimum absolute atomic E-state index is 0.172. The molecule has 14 heteroatoms. The second-order valence-electron chi connectivity index (χ2n) is 10.5. The van der Waals surface area contributed by atoms with E-state index in [1.54, 1.807) is 39.1 Å². The molecular weight excluding hydrogens is 704 g/mol. The molecule has 0 aliphatic rings. The maximum absolute atomic E-state index is 13.3. The van der Waals surface area contributed by atoms with E-state index in [1.807, 2.05) is 48.2 Å². The normalized spacial score (nSPS) is 11.1. The smallest absolute Gasteiger partial charge is 0.295 e.